The van der Waals surface area contributed by atoms with Gasteiger partial charge in [-0.25, -0.2) is 0 Å². The highest BCUT2D eigenvalue weighted by Crippen LogP contribution is 2.24. The minimum atomic E-state index is -0.0829. The van der Waals surface area contributed by atoms with E-state index in [0.717, 1.165) is 23.7 Å². The van der Waals surface area contributed by atoms with E-state index in [2.05, 4.69) is 24.9 Å². The molecule has 1 aliphatic rings. The Bertz CT molecular complexity index is 463. The van der Waals surface area contributed by atoms with Gasteiger partial charge in [0.05, 0.1) is 10.6 Å². The number of carbonyl (C=O) groups excluding carboxylic acids is 1. The Balaban J connectivity index is 2.02. The number of nitrogens with one attached hydrogen (secondary N) is 1. The summed E-state index contributed by atoms with van der Waals surface area (Å²) in [6.45, 7) is 2.28. The summed E-state index contributed by atoms with van der Waals surface area (Å²) in [5.41, 5.74) is 0.520. The Morgan fingerprint density at radius 3 is 2.89 bits per heavy atom. The second kappa shape index (κ2) is 6.67. The van der Waals surface area contributed by atoms with Crippen molar-refractivity contribution in [2.75, 3.05) is 0 Å². The van der Waals surface area contributed by atoms with E-state index in [1.807, 2.05) is 0 Å². The van der Waals surface area contributed by atoms with Crippen molar-refractivity contribution in [3.8, 4) is 0 Å². The molecule has 2 nitrogen and oxygen atoms in total. The quantitative estimate of drug-likeness (QED) is 0.617. The molecule has 0 bridgehead atoms. The maximum absolute atomic E-state index is 12.3. The molecule has 2 rings (SSSR count). The van der Waals surface area contributed by atoms with Gasteiger partial charge in [0.25, 0.3) is 5.91 Å². The van der Waals surface area contributed by atoms with E-state index >= 15 is 0 Å². The fourth-order valence-electron chi connectivity index (χ4n) is 2.58. The zero-order valence-corrected chi connectivity index (χ0v) is 12.8. The molecule has 0 aromatic heterocycles. The van der Waals surface area contributed by atoms with Crippen LogP contribution >= 0.6 is 24.2 Å². The van der Waals surface area contributed by atoms with Crippen molar-refractivity contribution < 1.29 is 4.79 Å². The third-order valence-corrected chi connectivity index (χ3v) is 4.39. The van der Waals surface area contributed by atoms with E-state index in [9.17, 15) is 4.79 Å². The van der Waals surface area contributed by atoms with Gasteiger partial charge < -0.3 is 5.32 Å². The number of rotatable bonds is 2. The van der Waals surface area contributed by atoms with Gasteiger partial charge in [-0.2, -0.15) is 0 Å². The van der Waals surface area contributed by atoms with Crippen molar-refractivity contribution in [2.24, 2.45) is 5.92 Å². The molecule has 1 fully saturated rings. The highest BCUT2D eigenvalue weighted by atomic mass is 35.5. The van der Waals surface area contributed by atoms with Crippen molar-refractivity contribution in [1.82, 2.24) is 5.32 Å². The molecule has 2 atom stereocenters. The van der Waals surface area contributed by atoms with Crippen LogP contribution < -0.4 is 5.32 Å². The molecule has 1 saturated carbocycles. The Morgan fingerprint density at radius 1 is 1.32 bits per heavy atom. The highest BCUT2D eigenvalue weighted by Gasteiger charge is 2.19. The predicted molar refractivity (Wildman–Crippen MR) is 82.2 cm³/mol. The van der Waals surface area contributed by atoms with Crippen molar-refractivity contribution in [2.45, 2.75) is 50.0 Å². The topological polar surface area (TPSA) is 29.1 Å². The van der Waals surface area contributed by atoms with Gasteiger partial charge in [0.15, 0.2) is 0 Å². The van der Waals surface area contributed by atoms with Gasteiger partial charge in [0, 0.05) is 10.9 Å². The first-order valence-corrected chi connectivity index (χ1v) is 7.68. The number of hydrogen-bond donors (Lipinski definition) is 2. The predicted octanol–water partition coefficient (Wildman–Crippen LogP) is 4.33. The van der Waals surface area contributed by atoms with E-state index in [4.69, 9.17) is 11.6 Å². The molecule has 0 saturated heterocycles. The number of carbonyl (C=O) groups is 1. The van der Waals surface area contributed by atoms with Crippen LogP contribution in [0.1, 0.15) is 49.4 Å². The molecular weight excluding hydrogens is 278 g/mol. The normalized spacial score (nSPS) is 23.7. The summed E-state index contributed by atoms with van der Waals surface area (Å²) in [5, 5.41) is 3.59. The molecular formula is C15H20ClNOS. The molecule has 1 N–H and O–H groups in total. The zero-order valence-electron chi connectivity index (χ0n) is 11.2. The molecule has 1 amide bonds. The van der Waals surface area contributed by atoms with Gasteiger partial charge >= 0.3 is 0 Å². The average molecular weight is 298 g/mol. The smallest absolute Gasteiger partial charge is 0.253 e. The molecule has 1 aliphatic carbocycles. The van der Waals surface area contributed by atoms with Crippen LogP contribution in [0.4, 0.5) is 0 Å². The summed E-state index contributed by atoms with van der Waals surface area (Å²) in [6, 6.07) is 5.50. The Hall–Kier alpha value is -0.670. The number of hydrogen-bond acceptors (Lipinski definition) is 2. The van der Waals surface area contributed by atoms with E-state index in [-0.39, 0.29) is 11.9 Å². The van der Waals surface area contributed by atoms with Gasteiger partial charge in [-0.1, -0.05) is 31.4 Å². The van der Waals surface area contributed by atoms with Crippen LogP contribution in [0.3, 0.4) is 0 Å². The standard InChI is InChI=1S/C15H20ClNOS/c1-10-3-2-4-11(6-5-10)17-15(18)13-9-12(19)7-8-14(13)16/h7-11,19H,2-6H2,1H3,(H,17,18). The Kier molecular flexibility index (Phi) is 5.17. The SMILES string of the molecule is CC1CCCC(NC(=O)c2cc(S)ccc2Cl)CC1. The summed E-state index contributed by atoms with van der Waals surface area (Å²) < 4.78 is 0. The van der Waals surface area contributed by atoms with Crippen molar-refractivity contribution in [3.05, 3.63) is 28.8 Å². The van der Waals surface area contributed by atoms with Crippen LogP contribution in [0.2, 0.25) is 5.02 Å². The van der Waals surface area contributed by atoms with Crippen LogP contribution in [-0.2, 0) is 0 Å². The Morgan fingerprint density at radius 2 is 2.11 bits per heavy atom. The summed E-state index contributed by atoms with van der Waals surface area (Å²) in [4.78, 5) is 13.0. The number of benzene rings is 1. The first-order chi connectivity index (χ1) is 9.06. The van der Waals surface area contributed by atoms with E-state index in [1.165, 1.54) is 19.3 Å². The first kappa shape index (κ1) is 14.7. The monoisotopic (exact) mass is 297 g/mol. The lowest BCUT2D eigenvalue weighted by Crippen LogP contribution is -2.34. The molecule has 0 heterocycles. The lowest BCUT2D eigenvalue weighted by Gasteiger charge is -2.17. The van der Waals surface area contributed by atoms with Crippen LogP contribution in [0, 0.1) is 5.92 Å². The molecule has 0 aliphatic heterocycles. The van der Waals surface area contributed by atoms with Crippen LogP contribution in [0.15, 0.2) is 23.1 Å². The fourth-order valence-corrected chi connectivity index (χ4v) is 2.99. The molecule has 19 heavy (non-hydrogen) atoms. The Labute approximate surface area is 125 Å². The third-order valence-electron chi connectivity index (χ3n) is 3.79. The van der Waals surface area contributed by atoms with E-state index in [0.29, 0.717) is 10.6 Å². The van der Waals surface area contributed by atoms with Crippen molar-refractivity contribution >= 4 is 30.1 Å². The molecule has 0 radical (unpaired) electrons. The molecule has 4 heteroatoms. The molecule has 0 spiro atoms. The highest BCUT2D eigenvalue weighted by molar-refractivity contribution is 7.80. The maximum Gasteiger partial charge on any atom is 0.253 e. The molecule has 104 valence electrons. The van der Waals surface area contributed by atoms with Crippen molar-refractivity contribution in [1.29, 1.82) is 0 Å². The van der Waals surface area contributed by atoms with E-state index < -0.39 is 0 Å². The van der Waals surface area contributed by atoms with Gasteiger partial charge in [-0.15, -0.1) is 12.6 Å². The summed E-state index contributed by atoms with van der Waals surface area (Å²) >= 11 is 10.3. The number of halogens is 1. The largest absolute Gasteiger partial charge is 0.349 e. The minimum Gasteiger partial charge on any atom is -0.349 e. The summed E-state index contributed by atoms with van der Waals surface area (Å²) in [7, 11) is 0. The van der Waals surface area contributed by atoms with Crippen LogP contribution in [0.5, 0.6) is 0 Å². The molecule has 1 aromatic rings. The summed E-state index contributed by atoms with van der Waals surface area (Å²) in [6.07, 6.45) is 5.76. The second-order valence-corrected chi connectivity index (χ2v) is 6.37. The average Bonchev–Trinajstić information content (AvgIpc) is 2.57. The number of thiol groups is 1. The van der Waals surface area contributed by atoms with Gasteiger partial charge in [-0.05, 0) is 43.4 Å². The zero-order chi connectivity index (χ0) is 13.8. The second-order valence-electron chi connectivity index (χ2n) is 5.45. The lowest BCUT2D eigenvalue weighted by atomic mass is 10.0. The van der Waals surface area contributed by atoms with Gasteiger partial charge in [0.2, 0.25) is 0 Å². The molecule has 1 aromatic carbocycles. The maximum atomic E-state index is 12.3. The van der Waals surface area contributed by atoms with E-state index in [1.54, 1.807) is 18.2 Å². The third kappa shape index (κ3) is 4.15. The van der Waals surface area contributed by atoms with Gasteiger partial charge in [0.1, 0.15) is 0 Å². The van der Waals surface area contributed by atoms with Gasteiger partial charge in [-0.3, -0.25) is 4.79 Å². The van der Waals surface area contributed by atoms with Crippen LogP contribution in [-0.4, -0.2) is 11.9 Å². The number of amides is 1. The fraction of sp³-hybridized carbons (Fsp3) is 0.533. The minimum absolute atomic E-state index is 0.0829. The molecule has 2 unspecified atom stereocenters. The summed E-state index contributed by atoms with van der Waals surface area (Å²) in [5.74, 6) is 0.687. The van der Waals surface area contributed by atoms with Crippen LogP contribution in [0.25, 0.3) is 0 Å². The first-order valence-electron chi connectivity index (χ1n) is 6.85. The lowest BCUT2D eigenvalue weighted by molar-refractivity contribution is 0.0933. The van der Waals surface area contributed by atoms with Crippen molar-refractivity contribution in [3.63, 3.8) is 0 Å².